The lowest BCUT2D eigenvalue weighted by Gasteiger charge is -2.11. The van der Waals surface area contributed by atoms with E-state index in [1.807, 2.05) is 55.3 Å². The van der Waals surface area contributed by atoms with Gasteiger partial charge in [-0.3, -0.25) is 9.59 Å². The van der Waals surface area contributed by atoms with Crippen LogP contribution in [0.25, 0.3) is 22.6 Å². The summed E-state index contributed by atoms with van der Waals surface area (Å²) in [7, 11) is 8.75. The van der Waals surface area contributed by atoms with Gasteiger partial charge in [-0.2, -0.15) is 0 Å². The van der Waals surface area contributed by atoms with Crippen LogP contribution in [0.5, 0.6) is 5.75 Å². The molecule has 2 amide bonds. The fraction of sp³-hybridized carbons (Fsp3) is 0.409. The number of imidazole rings is 1. The molecule has 0 aliphatic rings. The summed E-state index contributed by atoms with van der Waals surface area (Å²) in [6.45, 7) is 4.02. The van der Waals surface area contributed by atoms with Crippen LogP contribution in [0.3, 0.4) is 0 Å². The van der Waals surface area contributed by atoms with Gasteiger partial charge in [0.2, 0.25) is 5.91 Å². The molecule has 0 spiro atoms. The Labute approximate surface area is 176 Å². The van der Waals surface area contributed by atoms with Gasteiger partial charge in [0.1, 0.15) is 5.69 Å². The van der Waals surface area contributed by atoms with Crippen LogP contribution in [-0.4, -0.2) is 52.0 Å². The fourth-order valence-electron chi connectivity index (χ4n) is 3.54. The molecule has 0 saturated carbocycles. The van der Waals surface area contributed by atoms with Crippen molar-refractivity contribution in [2.75, 3.05) is 26.5 Å². The Morgan fingerprint density at radius 3 is 2.53 bits per heavy atom. The van der Waals surface area contributed by atoms with Crippen molar-refractivity contribution < 1.29 is 14.3 Å². The van der Waals surface area contributed by atoms with Crippen molar-refractivity contribution in [2.45, 2.75) is 20.3 Å². The zero-order valence-electron chi connectivity index (χ0n) is 18.6. The van der Waals surface area contributed by atoms with Crippen LogP contribution in [-0.2, 0) is 18.9 Å². The molecule has 1 N–H and O–H groups in total. The predicted molar refractivity (Wildman–Crippen MR) is 118 cm³/mol. The Balaban J connectivity index is 2.06. The number of fused-ring (bicyclic) bond motifs is 1. The van der Waals surface area contributed by atoms with Crippen LogP contribution in [0, 0.1) is 5.92 Å². The van der Waals surface area contributed by atoms with Crippen LogP contribution < -0.4 is 10.1 Å². The lowest BCUT2D eigenvalue weighted by atomic mass is 10.1. The van der Waals surface area contributed by atoms with Crippen LogP contribution in [0.2, 0.25) is 0 Å². The second-order valence-corrected chi connectivity index (χ2v) is 8.08. The number of hydrogen-bond acceptors (Lipinski definition) is 4. The minimum Gasteiger partial charge on any atom is -0.494 e. The van der Waals surface area contributed by atoms with Gasteiger partial charge >= 0.3 is 0 Å². The van der Waals surface area contributed by atoms with Gasteiger partial charge in [-0.15, -0.1) is 0 Å². The number of carbonyl (C=O) groups is 2. The Bertz CT molecular complexity index is 1110. The number of methoxy groups -OCH3 is 1. The summed E-state index contributed by atoms with van der Waals surface area (Å²) in [5.74, 6) is 1.30. The summed E-state index contributed by atoms with van der Waals surface area (Å²) in [6, 6.07) is 5.66. The highest BCUT2D eigenvalue weighted by Gasteiger charge is 2.26. The van der Waals surface area contributed by atoms with Crippen molar-refractivity contribution in [2.24, 2.45) is 20.0 Å². The zero-order chi connectivity index (χ0) is 22.2. The molecule has 160 valence electrons. The van der Waals surface area contributed by atoms with Gasteiger partial charge in [-0.25, -0.2) is 4.98 Å². The number of nitrogens with one attached hydrogen (secondary N) is 1. The molecule has 0 aliphatic carbocycles. The van der Waals surface area contributed by atoms with Crippen LogP contribution in [0.15, 0.2) is 24.4 Å². The quantitative estimate of drug-likeness (QED) is 0.675. The summed E-state index contributed by atoms with van der Waals surface area (Å²) in [4.78, 5) is 31.0. The van der Waals surface area contributed by atoms with Gasteiger partial charge in [0.05, 0.1) is 23.7 Å². The lowest BCUT2D eigenvalue weighted by molar-refractivity contribution is -0.116. The molecular formula is C22H29N5O3. The number of benzene rings is 1. The van der Waals surface area contributed by atoms with Crippen molar-refractivity contribution in [3.8, 4) is 17.3 Å². The summed E-state index contributed by atoms with van der Waals surface area (Å²) in [5.41, 5.74) is 3.56. The van der Waals surface area contributed by atoms with E-state index in [4.69, 9.17) is 9.72 Å². The molecule has 8 nitrogen and oxygen atoms in total. The third kappa shape index (κ3) is 3.90. The van der Waals surface area contributed by atoms with Gasteiger partial charge in [-0.1, -0.05) is 13.8 Å². The van der Waals surface area contributed by atoms with Gasteiger partial charge < -0.3 is 24.1 Å². The lowest BCUT2D eigenvalue weighted by Crippen LogP contribution is -2.21. The van der Waals surface area contributed by atoms with E-state index in [0.29, 0.717) is 40.9 Å². The first-order chi connectivity index (χ1) is 14.1. The summed E-state index contributed by atoms with van der Waals surface area (Å²) in [5, 5.41) is 2.93. The van der Waals surface area contributed by atoms with E-state index in [1.165, 1.54) is 4.90 Å². The number of anilines is 1. The summed E-state index contributed by atoms with van der Waals surface area (Å²) in [6.07, 6.45) is 2.22. The van der Waals surface area contributed by atoms with Crippen molar-refractivity contribution in [1.29, 1.82) is 0 Å². The normalized spacial score (nSPS) is 11.2. The first-order valence-corrected chi connectivity index (χ1v) is 9.85. The number of carbonyl (C=O) groups excluding carboxylic acids is 2. The fourth-order valence-corrected chi connectivity index (χ4v) is 3.54. The molecule has 3 rings (SSSR count). The smallest absolute Gasteiger partial charge is 0.258 e. The number of rotatable bonds is 6. The molecule has 2 heterocycles. The van der Waals surface area contributed by atoms with Crippen molar-refractivity contribution in [3.05, 3.63) is 30.0 Å². The molecule has 0 unspecified atom stereocenters. The van der Waals surface area contributed by atoms with Gasteiger partial charge in [0.15, 0.2) is 11.6 Å². The molecule has 0 saturated heterocycles. The first-order valence-electron chi connectivity index (χ1n) is 9.85. The standard InChI is InChI=1S/C22H29N5O3/c1-13(2)10-18(28)23-14-8-9-17-16(11-14)24-21(27(17)6)19-20(30-7)15(12-26(19)5)22(29)25(3)4/h8-9,11-13H,10H2,1-7H3,(H,23,28). The van der Waals surface area contributed by atoms with Gasteiger partial charge in [0.25, 0.3) is 5.91 Å². The largest absolute Gasteiger partial charge is 0.494 e. The average molecular weight is 412 g/mol. The van der Waals surface area contributed by atoms with E-state index in [9.17, 15) is 9.59 Å². The van der Waals surface area contributed by atoms with Crippen molar-refractivity contribution >= 4 is 28.5 Å². The van der Waals surface area contributed by atoms with Crippen LogP contribution in [0.4, 0.5) is 5.69 Å². The number of hydrogen-bond donors (Lipinski definition) is 1. The van der Waals surface area contributed by atoms with Gasteiger partial charge in [0, 0.05) is 46.5 Å². The first kappa shape index (κ1) is 21.4. The number of ether oxygens (including phenoxy) is 1. The van der Waals surface area contributed by atoms with Crippen LogP contribution >= 0.6 is 0 Å². The third-order valence-electron chi connectivity index (χ3n) is 4.95. The second-order valence-electron chi connectivity index (χ2n) is 8.08. The Morgan fingerprint density at radius 2 is 1.93 bits per heavy atom. The molecular weight excluding hydrogens is 382 g/mol. The predicted octanol–water partition coefficient (Wildman–Crippen LogP) is 3.27. The molecule has 30 heavy (non-hydrogen) atoms. The maximum Gasteiger partial charge on any atom is 0.258 e. The molecule has 0 aliphatic heterocycles. The second kappa shape index (κ2) is 8.22. The third-order valence-corrected chi connectivity index (χ3v) is 4.95. The molecule has 0 atom stereocenters. The molecule has 2 aromatic heterocycles. The average Bonchev–Trinajstić information content (AvgIpc) is 3.16. The van der Waals surface area contributed by atoms with E-state index in [-0.39, 0.29) is 11.8 Å². The maximum atomic E-state index is 12.6. The molecule has 0 bridgehead atoms. The monoisotopic (exact) mass is 411 g/mol. The van der Waals surface area contributed by atoms with E-state index in [1.54, 1.807) is 27.4 Å². The highest BCUT2D eigenvalue weighted by molar-refractivity contribution is 5.99. The topological polar surface area (TPSA) is 81.4 Å². The highest BCUT2D eigenvalue weighted by Crippen LogP contribution is 2.36. The van der Waals surface area contributed by atoms with Gasteiger partial charge in [-0.05, 0) is 24.1 Å². The van der Waals surface area contributed by atoms with E-state index >= 15 is 0 Å². The van der Waals surface area contributed by atoms with E-state index in [0.717, 1.165) is 11.0 Å². The molecule has 0 radical (unpaired) electrons. The van der Waals surface area contributed by atoms with E-state index < -0.39 is 0 Å². The molecule has 8 heteroatoms. The zero-order valence-corrected chi connectivity index (χ0v) is 18.6. The van der Waals surface area contributed by atoms with Crippen LogP contribution in [0.1, 0.15) is 30.6 Å². The SMILES string of the molecule is COc1c(C(=O)N(C)C)cn(C)c1-c1nc2cc(NC(=O)CC(C)C)ccc2n1C. The number of amides is 2. The Morgan fingerprint density at radius 1 is 1.23 bits per heavy atom. The number of aryl methyl sites for hydroxylation is 2. The minimum absolute atomic E-state index is 0.0172. The summed E-state index contributed by atoms with van der Waals surface area (Å²) >= 11 is 0. The van der Waals surface area contributed by atoms with Crippen molar-refractivity contribution in [1.82, 2.24) is 19.0 Å². The van der Waals surface area contributed by atoms with Crippen molar-refractivity contribution in [3.63, 3.8) is 0 Å². The number of nitrogens with zero attached hydrogens (tertiary/aromatic N) is 4. The maximum absolute atomic E-state index is 12.6. The Hall–Kier alpha value is -3.29. The minimum atomic E-state index is -0.136. The molecule has 0 fully saturated rings. The molecule has 3 aromatic rings. The molecule has 1 aromatic carbocycles. The Kier molecular flexibility index (Phi) is 5.87. The van der Waals surface area contributed by atoms with E-state index in [2.05, 4.69) is 5.32 Å². The summed E-state index contributed by atoms with van der Waals surface area (Å²) < 4.78 is 9.41. The number of aromatic nitrogens is 3. The highest BCUT2D eigenvalue weighted by atomic mass is 16.5.